The average Bonchev–Trinajstić information content (AvgIpc) is 3.07. The van der Waals surface area contributed by atoms with Gasteiger partial charge >= 0.3 is 5.97 Å². The average molecular weight is 344 g/mol. The molecule has 1 fully saturated rings. The minimum Gasteiger partial charge on any atom is -0.478 e. The van der Waals surface area contributed by atoms with Gasteiger partial charge in [0.15, 0.2) is 0 Å². The van der Waals surface area contributed by atoms with Crippen molar-refractivity contribution in [3.05, 3.63) is 71.3 Å². The Balaban J connectivity index is 0.00000208. The number of hydrogen-bond donors (Lipinski definition) is 1. The Morgan fingerprint density at radius 3 is 2.21 bits per heavy atom. The molecule has 1 saturated heterocycles. The molecule has 1 heterocycles. The third-order valence-corrected chi connectivity index (χ3v) is 4.21. The standard InChI is InChI=1S/C20H21NO2.ClH/c22-20(23)19(18-6-2-1-3-7-18)14-16-8-10-17(11-9-16)15-21-12-4-5-13-21;/h1-3,6-11,14H,4-5,12-13,15H2,(H,22,23);1H/b19-14+;. The lowest BCUT2D eigenvalue weighted by atomic mass is 10.0. The largest absolute Gasteiger partial charge is 0.478 e. The molecule has 0 aliphatic carbocycles. The maximum atomic E-state index is 11.5. The Kier molecular flexibility index (Phi) is 6.59. The van der Waals surface area contributed by atoms with Crippen LogP contribution in [0.1, 0.15) is 29.5 Å². The van der Waals surface area contributed by atoms with E-state index in [0.717, 1.165) is 17.7 Å². The van der Waals surface area contributed by atoms with Crippen LogP contribution < -0.4 is 0 Å². The molecule has 0 spiro atoms. The van der Waals surface area contributed by atoms with Crippen LogP contribution in [0.4, 0.5) is 0 Å². The van der Waals surface area contributed by atoms with Crippen molar-refractivity contribution in [1.82, 2.24) is 4.90 Å². The Morgan fingerprint density at radius 1 is 1.00 bits per heavy atom. The van der Waals surface area contributed by atoms with E-state index in [1.165, 1.54) is 31.5 Å². The van der Waals surface area contributed by atoms with Crippen molar-refractivity contribution in [3.63, 3.8) is 0 Å². The van der Waals surface area contributed by atoms with Crippen molar-refractivity contribution in [3.8, 4) is 0 Å². The lowest BCUT2D eigenvalue weighted by Crippen LogP contribution is -2.18. The second-order valence-corrected chi connectivity index (χ2v) is 5.95. The van der Waals surface area contributed by atoms with Gasteiger partial charge in [0.2, 0.25) is 0 Å². The van der Waals surface area contributed by atoms with Crippen LogP contribution in [0.2, 0.25) is 0 Å². The molecule has 2 aromatic rings. The molecule has 126 valence electrons. The fraction of sp³-hybridized carbons (Fsp3) is 0.250. The molecule has 3 rings (SSSR count). The molecule has 0 radical (unpaired) electrons. The topological polar surface area (TPSA) is 40.5 Å². The van der Waals surface area contributed by atoms with Crippen LogP contribution in [-0.2, 0) is 11.3 Å². The normalized spacial score (nSPS) is 15.1. The fourth-order valence-electron chi connectivity index (χ4n) is 2.97. The number of nitrogens with zero attached hydrogens (tertiary/aromatic N) is 1. The molecule has 4 heteroatoms. The molecular formula is C20H22ClNO2. The first-order valence-electron chi connectivity index (χ1n) is 8.04. The van der Waals surface area contributed by atoms with Crippen LogP contribution >= 0.6 is 12.4 Å². The predicted octanol–water partition coefficient (Wildman–Crippen LogP) is 4.33. The van der Waals surface area contributed by atoms with Crippen LogP contribution in [0.3, 0.4) is 0 Å². The first-order valence-corrected chi connectivity index (χ1v) is 8.04. The van der Waals surface area contributed by atoms with E-state index in [1.807, 2.05) is 42.5 Å². The van der Waals surface area contributed by atoms with Gasteiger partial charge in [0.1, 0.15) is 0 Å². The van der Waals surface area contributed by atoms with E-state index < -0.39 is 5.97 Å². The highest BCUT2D eigenvalue weighted by molar-refractivity contribution is 6.20. The Morgan fingerprint density at radius 2 is 1.62 bits per heavy atom. The molecule has 1 aliphatic heterocycles. The van der Waals surface area contributed by atoms with E-state index in [-0.39, 0.29) is 12.4 Å². The van der Waals surface area contributed by atoms with E-state index in [1.54, 1.807) is 6.08 Å². The first-order chi connectivity index (χ1) is 11.2. The molecule has 0 aromatic heterocycles. The van der Waals surface area contributed by atoms with E-state index in [4.69, 9.17) is 0 Å². The van der Waals surface area contributed by atoms with Gasteiger partial charge < -0.3 is 5.11 Å². The maximum absolute atomic E-state index is 11.5. The zero-order chi connectivity index (χ0) is 16.1. The predicted molar refractivity (Wildman–Crippen MR) is 100 cm³/mol. The van der Waals surface area contributed by atoms with Gasteiger partial charge in [-0.05, 0) is 48.7 Å². The first kappa shape index (κ1) is 18.2. The molecule has 1 aliphatic rings. The summed E-state index contributed by atoms with van der Waals surface area (Å²) in [5.41, 5.74) is 3.23. The van der Waals surface area contributed by atoms with Gasteiger partial charge in [-0.1, -0.05) is 54.6 Å². The van der Waals surface area contributed by atoms with E-state index in [2.05, 4.69) is 17.0 Å². The molecule has 0 amide bonds. The molecule has 0 bridgehead atoms. The number of benzene rings is 2. The van der Waals surface area contributed by atoms with Gasteiger partial charge in [0.25, 0.3) is 0 Å². The molecule has 1 N–H and O–H groups in total. The maximum Gasteiger partial charge on any atom is 0.336 e. The SMILES string of the molecule is Cl.O=C(O)/C(=C/c1ccc(CN2CCCC2)cc1)c1ccccc1. The summed E-state index contributed by atoms with van der Waals surface area (Å²) in [6.07, 6.45) is 4.32. The van der Waals surface area contributed by atoms with E-state index >= 15 is 0 Å². The lowest BCUT2D eigenvalue weighted by Gasteiger charge is -2.14. The van der Waals surface area contributed by atoms with Gasteiger partial charge in [-0.15, -0.1) is 12.4 Å². The van der Waals surface area contributed by atoms with Crippen molar-refractivity contribution in [2.24, 2.45) is 0 Å². The molecule has 0 atom stereocenters. The van der Waals surface area contributed by atoms with Gasteiger partial charge in [0.05, 0.1) is 5.57 Å². The van der Waals surface area contributed by atoms with Gasteiger partial charge in [-0.2, -0.15) is 0 Å². The van der Waals surface area contributed by atoms with Crippen molar-refractivity contribution in [1.29, 1.82) is 0 Å². The summed E-state index contributed by atoms with van der Waals surface area (Å²) in [6, 6.07) is 17.4. The van der Waals surface area contributed by atoms with Crippen LogP contribution in [0.15, 0.2) is 54.6 Å². The van der Waals surface area contributed by atoms with Crippen molar-refractivity contribution in [2.45, 2.75) is 19.4 Å². The highest BCUT2D eigenvalue weighted by Gasteiger charge is 2.12. The Bertz CT molecular complexity index is 689. The summed E-state index contributed by atoms with van der Waals surface area (Å²) in [4.78, 5) is 14.0. The van der Waals surface area contributed by atoms with Crippen LogP contribution in [-0.4, -0.2) is 29.1 Å². The molecule has 24 heavy (non-hydrogen) atoms. The number of aliphatic carboxylic acids is 1. The van der Waals surface area contributed by atoms with Gasteiger partial charge in [-0.25, -0.2) is 4.79 Å². The molecule has 2 aromatic carbocycles. The Hall–Kier alpha value is -2.10. The second kappa shape index (κ2) is 8.67. The lowest BCUT2D eigenvalue weighted by molar-refractivity contribution is -0.130. The highest BCUT2D eigenvalue weighted by Crippen LogP contribution is 2.19. The van der Waals surface area contributed by atoms with Crippen molar-refractivity contribution >= 4 is 30.0 Å². The summed E-state index contributed by atoms with van der Waals surface area (Å²) >= 11 is 0. The van der Waals surface area contributed by atoms with Gasteiger partial charge in [-0.3, -0.25) is 4.90 Å². The Labute approximate surface area is 149 Å². The molecular weight excluding hydrogens is 322 g/mol. The highest BCUT2D eigenvalue weighted by atomic mass is 35.5. The minimum absolute atomic E-state index is 0. The molecule has 0 saturated carbocycles. The summed E-state index contributed by atoms with van der Waals surface area (Å²) < 4.78 is 0. The number of rotatable bonds is 5. The van der Waals surface area contributed by atoms with Crippen LogP contribution in [0.25, 0.3) is 11.6 Å². The van der Waals surface area contributed by atoms with E-state index in [0.29, 0.717) is 5.57 Å². The fourth-order valence-corrected chi connectivity index (χ4v) is 2.97. The molecule has 0 unspecified atom stereocenters. The van der Waals surface area contributed by atoms with E-state index in [9.17, 15) is 9.90 Å². The monoisotopic (exact) mass is 343 g/mol. The number of carbonyl (C=O) groups is 1. The second-order valence-electron chi connectivity index (χ2n) is 5.95. The summed E-state index contributed by atoms with van der Waals surface area (Å²) in [7, 11) is 0. The third kappa shape index (κ3) is 4.70. The summed E-state index contributed by atoms with van der Waals surface area (Å²) in [6.45, 7) is 3.34. The number of carboxylic acids is 1. The molecule has 3 nitrogen and oxygen atoms in total. The smallest absolute Gasteiger partial charge is 0.336 e. The quantitative estimate of drug-likeness (QED) is 0.649. The van der Waals surface area contributed by atoms with Crippen LogP contribution in [0.5, 0.6) is 0 Å². The van der Waals surface area contributed by atoms with Gasteiger partial charge in [0, 0.05) is 6.54 Å². The summed E-state index contributed by atoms with van der Waals surface area (Å²) in [5, 5.41) is 9.46. The zero-order valence-electron chi connectivity index (χ0n) is 13.5. The number of likely N-dealkylation sites (tertiary alicyclic amines) is 1. The number of hydrogen-bond acceptors (Lipinski definition) is 2. The van der Waals surface area contributed by atoms with Crippen LogP contribution in [0, 0.1) is 0 Å². The number of carboxylic acid groups (broad SMARTS) is 1. The third-order valence-electron chi connectivity index (χ3n) is 4.21. The van der Waals surface area contributed by atoms with Crippen molar-refractivity contribution in [2.75, 3.05) is 13.1 Å². The minimum atomic E-state index is -0.905. The summed E-state index contributed by atoms with van der Waals surface area (Å²) in [5.74, 6) is -0.905. The number of halogens is 1. The van der Waals surface area contributed by atoms with Crippen molar-refractivity contribution < 1.29 is 9.90 Å². The zero-order valence-corrected chi connectivity index (χ0v) is 14.3.